The summed E-state index contributed by atoms with van der Waals surface area (Å²) in [6.45, 7) is 0. The average molecular weight is 436 g/mol. The van der Waals surface area contributed by atoms with E-state index in [0.717, 1.165) is 18.4 Å². The SMILES string of the molecule is CS(=O)(=O)c1ccc(Cl)c(-c2n[nH]c3nc(Nc4ccc(F)cc4F)ncc23)c1. The van der Waals surface area contributed by atoms with E-state index in [4.69, 9.17) is 11.6 Å². The fraction of sp³-hybridized carbons (Fsp3) is 0.0556. The molecule has 2 aromatic carbocycles. The topological polar surface area (TPSA) is 101 Å². The molecule has 0 unspecified atom stereocenters. The standard InChI is InChI=1S/C18H12ClF2N5O2S/c1-29(27,28)10-3-4-13(19)11(7-10)16-12-8-22-18(24-17(12)26-25-16)23-15-5-2-9(20)6-14(15)21/h2-8H,1H3,(H2,22,23,24,25,26). The molecule has 7 nitrogen and oxygen atoms in total. The van der Waals surface area contributed by atoms with E-state index in [0.29, 0.717) is 27.3 Å². The highest BCUT2D eigenvalue weighted by Crippen LogP contribution is 2.33. The molecule has 0 atom stereocenters. The first-order valence-corrected chi connectivity index (χ1v) is 10.4. The summed E-state index contributed by atoms with van der Waals surface area (Å²) in [5.74, 6) is -1.42. The number of aromatic nitrogens is 4. The second-order valence-electron chi connectivity index (χ2n) is 6.19. The van der Waals surface area contributed by atoms with Gasteiger partial charge < -0.3 is 5.32 Å². The molecule has 0 amide bonds. The van der Waals surface area contributed by atoms with Crippen molar-refractivity contribution in [2.24, 2.45) is 0 Å². The van der Waals surface area contributed by atoms with E-state index < -0.39 is 21.5 Å². The second kappa shape index (κ2) is 7.05. The van der Waals surface area contributed by atoms with Gasteiger partial charge in [-0.05, 0) is 30.3 Å². The van der Waals surface area contributed by atoms with Crippen LogP contribution >= 0.6 is 11.6 Å². The number of nitrogens with one attached hydrogen (secondary N) is 2. The molecule has 0 aliphatic carbocycles. The molecule has 0 aliphatic rings. The molecule has 2 heterocycles. The van der Waals surface area contributed by atoms with Gasteiger partial charge in [0.1, 0.15) is 17.3 Å². The molecule has 4 aromatic rings. The Morgan fingerprint density at radius 2 is 1.93 bits per heavy atom. The lowest BCUT2D eigenvalue weighted by atomic mass is 10.1. The molecule has 0 saturated heterocycles. The fourth-order valence-corrected chi connectivity index (χ4v) is 3.56. The Kier molecular flexibility index (Phi) is 4.67. The largest absolute Gasteiger partial charge is 0.322 e. The summed E-state index contributed by atoms with van der Waals surface area (Å²) in [4.78, 5) is 8.44. The quantitative estimate of drug-likeness (QED) is 0.500. The van der Waals surface area contributed by atoms with Crippen LogP contribution in [0, 0.1) is 11.6 Å². The third kappa shape index (κ3) is 3.76. The van der Waals surface area contributed by atoms with Crippen molar-refractivity contribution in [3.63, 3.8) is 0 Å². The van der Waals surface area contributed by atoms with Crippen LogP contribution in [0.1, 0.15) is 0 Å². The molecule has 2 aromatic heterocycles. The molecular weight excluding hydrogens is 424 g/mol. The summed E-state index contributed by atoms with van der Waals surface area (Å²) in [6, 6.07) is 7.38. The van der Waals surface area contributed by atoms with Crippen molar-refractivity contribution in [1.29, 1.82) is 0 Å². The molecule has 0 bridgehead atoms. The maximum atomic E-state index is 13.8. The number of nitrogens with zero attached hydrogens (tertiary/aromatic N) is 3. The van der Waals surface area contributed by atoms with Crippen LogP contribution in [-0.2, 0) is 9.84 Å². The van der Waals surface area contributed by atoms with Crippen molar-refractivity contribution >= 4 is 44.1 Å². The molecule has 148 valence electrons. The number of sulfone groups is 1. The van der Waals surface area contributed by atoms with Gasteiger partial charge in [0, 0.05) is 24.1 Å². The van der Waals surface area contributed by atoms with Gasteiger partial charge in [-0.2, -0.15) is 10.1 Å². The normalized spacial score (nSPS) is 11.7. The third-order valence-electron chi connectivity index (χ3n) is 4.12. The highest BCUT2D eigenvalue weighted by molar-refractivity contribution is 7.90. The average Bonchev–Trinajstić information content (AvgIpc) is 3.06. The molecule has 11 heteroatoms. The number of aromatic amines is 1. The molecular formula is C18H12ClF2N5O2S. The fourth-order valence-electron chi connectivity index (χ4n) is 2.70. The van der Waals surface area contributed by atoms with Crippen molar-refractivity contribution in [3.8, 4) is 11.3 Å². The highest BCUT2D eigenvalue weighted by atomic mass is 35.5. The lowest BCUT2D eigenvalue weighted by molar-refractivity contribution is 0.586. The number of benzene rings is 2. The van der Waals surface area contributed by atoms with Crippen LogP contribution in [0.3, 0.4) is 0 Å². The predicted molar refractivity (Wildman–Crippen MR) is 105 cm³/mol. The number of hydrogen-bond acceptors (Lipinski definition) is 6. The van der Waals surface area contributed by atoms with Gasteiger partial charge in [-0.3, -0.25) is 5.10 Å². The monoisotopic (exact) mass is 435 g/mol. The first-order chi connectivity index (χ1) is 13.7. The highest BCUT2D eigenvalue weighted by Gasteiger charge is 2.17. The number of anilines is 2. The van der Waals surface area contributed by atoms with Crippen molar-refractivity contribution in [3.05, 3.63) is 59.3 Å². The van der Waals surface area contributed by atoms with Crippen molar-refractivity contribution in [2.45, 2.75) is 4.90 Å². The van der Waals surface area contributed by atoms with E-state index in [-0.39, 0.29) is 16.5 Å². The summed E-state index contributed by atoms with van der Waals surface area (Å²) in [7, 11) is -3.43. The maximum Gasteiger partial charge on any atom is 0.229 e. The smallest absolute Gasteiger partial charge is 0.229 e. The molecule has 4 rings (SSSR count). The van der Waals surface area contributed by atoms with Gasteiger partial charge in [-0.25, -0.2) is 22.2 Å². The molecule has 0 radical (unpaired) electrons. The van der Waals surface area contributed by atoms with E-state index in [1.807, 2.05) is 0 Å². The van der Waals surface area contributed by atoms with Gasteiger partial charge in [0.05, 0.1) is 21.0 Å². The van der Waals surface area contributed by atoms with Gasteiger partial charge in [-0.1, -0.05) is 11.6 Å². The molecule has 2 N–H and O–H groups in total. The first-order valence-electron chi connectivity index (χ1n) is 8.15. The summed E-state index contributed by atoms with van der Waals surface area (Å²) < 4.78 is 50.5. The van der Waals surface area contributed by atoms with Gasteiger partial charge in [0.2, 0.25) is 5.95 Å². The second-order valence-corrected chi connectivity index (χ2v) is 8.61. The summed E-state index contributed by atoms with van der Waals surface area (Å²) in [5.41, 5.74) is 1.10. The molecule has 0 spiro atoms. The number of fused-ring (bicyclic) bond motifs is 1. The number of hydrogen-bond donors (Lipinski definition) is 2. The number of halogens is 3. The lowest BCUT2D eigenvalue weighted by Crippen LogP contribution is -1.99. The minimum Gasteiger partial charge on any atom is -0.322 e. The van der Waals surface area contributed by atoms with E-state index >= 15 is 0 Å². The van der Waals surface area contributed by atoms with Crippen LogP contribution < -0.4 is 5.32 Å². The summed E-state index contributed by atoms with van der Waals surface area (Å²) >= 11 is 6.23. The molecule has 0 aliphatic heterocycles. The Bertz CT molecular complexity index is 1360. The Morgan fingerprint density at radius 3 is 2.66 bits per heavy atom. The van der Waals surface area contributed by atoms with Crippen LogP contribution in [0.2, 0.25) is 5.02 Å². The zero-order chi connectivity index (χ0) is 20.8. The Balaban J connectivity index is 1.74. The van der Waals surface area contributed by atoms with E-state index in [9.17, 15) is 17.2 Å². The van der Waals surface area contributed by atoms with E-state index in [2.05, 4.69) is 25.5 Å². The van der Waals surface area contributed by atoms with E-state index in [1.165, 1.54) is 30.5 Å². The van der Waals surface area contributed by atoms with Crippen molar-refractivity contribution in [1.82, 2.24) is 20.2 Å². The molecule has 0 fully saturated rings. The Morgan fingerprint density at radius 1 is 1.14 bits per heavy atom. The number of rotatable bonds is 4. The first kappa shape index (κ1) is 19.2. The van der Waals surface area contributed by atoms with Crippen LogP contribution in [0.5, 0.6) is 0 Å². The van der Waals surface area contributed by atoms with Crippen LogP contribution in [0.25, 0.3) is 22.3 Å². The molecule has 29 heavy (non-hydrogen) atoms. The molecule has 0 saturated carbocycles. The third-order valence-corrected chi connectivity index (χ3v) is 5.56. The predicted octanol–water partition coefficient (Wildman–Crippen LogP) is 4.10. The van der Waals surface area contributed by atoms with E-state index in [1.54, 1.807) is 0 Å². The van der Waals surface area contributed by atoms with Gasteiger partial charge in [-0.15, -0.1) is 0 Å². The zero-order valence-corrected chi connectivity index (χ0v) is 16.3. The minimum absolute atomic E-state index is 0.00869. The van der Waals surface area contributed by atoms with Gasteiger partial charge in [0.15, 0.2) is 15.5 Å². The van der Waals surface area contributed by atoms with Crippen molar-refractivity contribution < 1.29 is 17.2 Å². The number of H-pyrrole nitrogens is 1. The van der Waals surface area contributed by atoms with Gasteiger partial charge >= 0.3 is 0 Å². The summed E-state index contributed by atoms with van der Waals surface area (Å²) in [6.07, 6.45) is 2.53. The minimum atomic E-state index is -3.43. The van der Waals surface area contributed by atoms with Crippen LogP contribution in [0.4, 0.5) is 20.4 Å². The lowest BCUT2D eigenvalue weighted by Gasteiger charge is -2.06. The Hall–Kier alpha value is -3.11. The maximum absolute atomic E-state index is 13.8. The van der Waals surface area contributed by atoms with Crippen LogP contribution in [-0.4, -0.2) is 34.8 Å². The van der Waals surface area contributed by atoms with Crippen LogP contribution in [0.15, 0.2) is 47.5 Å². The summed E-state index contributed by atoms with van der Waals surface area (Å²) in [5, 5.41) is 10.3. The Labute approximate surface area is 168 Å². The van der Waals surface area contributed by atoms with Gasteiger partial charge in [0.25, 0.3) is 0 Å². The van der Waals surface area contributed by atoms with Crippen molar-refractivity contribution in [2.75, 3.05) is 11.6 Å². The zero-order valence-electron chi connectivity index (χ0n) is 14.7.